The SMILES string of the molecule is Cc1nc([C@@H]2CCCN(Cc3ccc(-c4ccccn4)cc3)C2)nc2c1CCC(=O)N2C. The average molecular weight is 428 g/mol. The number of aryl methyl sites for hydroxylation is 1. The predicted octanol–water partition coefficient (Wildman–Crippen LogP) is 4.14. The molecule has 3 aromatic rings. The zero-order valence-corrected chi connectivity index (χ0v) is 18.8. The summed E-state index contributed by atoms with van der Waals surface area (Å²) < 4.78 is 0. The van der Waals surface area contributed by atoms with Crippen molar-refractivity contribution in [2.75, 3.05) is 25.0 Å². The van der Waals surface area contributed by atoms with E-state index >= 15 is 0 Å². The Morgan fingerprint density at radius 3 is 2.69 bits per heavy atom. The third kappa shape index (κ3) is 4.15. The zero-order valence-electron chi connectivity index (χ0n) is 18.8. The summed E-state index contributed by atoms with van der Waals surface area (Å²) in [6.45, 7) is 5.00. The monoisotopic (exact) mass is 427 g/mol. The summed E-state index contributed by atoms with van der Waals surface area (Å²) >= 11 is 0. The summed E-state index contributed by atoms with van der Waals surface area (Å²) in [5.41, 5.74) is 5.59. The number of amides is 1. The molecule has 32 heavy (non-hydrogen) atoms. The molecule has 1 saturated heterocycles. The van der Waals surface area contributed by atoms with Crippen LogP contribution in [-0.4, -0.2) is 45.9 Å². The first-order valence-electron chi connectivity index (χ1n) is 11.4. The van der Waals surface area contributed by atoms with Crippen LogP contribution >= 0.6 is 0 Å². The second-order valence-electron chi connectivity index (χ2n) is 8.91. The van der Waals surface area contributed by atoms with Crippen LogP contribution in [0.3, 0.4) is 0 Å². The number of rotatable bonds is 4. The van der Waals surface area contributed by atoms with Gasteiger partial charge < -0.3 is 0 Å². The zero-order chi connectivity index (χ0) is 22.1. The minimum absolute atomic E-state index is 0.140. The van der Waals surface area contributed by atoms with Gasteiger partial charge in [-0.3, -0.25) is 19.6 Å². The number of hydrogen-bond acceptors (Lipinski definition) is 5. The van der Waals surface area contributed by atoms with Crippen LogP contribution in [-0.2, 0) is 17.8 Å². The fraction of sp³-hybridized carbons (Fsp3) is 0.385. The van der Waals surface area contributed by atoms with Crippen molar-refractivity contribution >= 4 is 11.7 Å². The van der Waals surface area contributed by atoms with Gasteiger partial charge in [-0.15, -0.1) is 0 Å². The lowest BCUT2D eigenvalue weighted by molar-refractivity contribution is -0.118. The Morgan fingerprint density at radius 2 is 1.91 bits per heavy atom. The predicted molar refractivity (Wildman–Crippen MR) is 125 cm³/mol. The van der Waals surface area contributed by atoms with Crippen LogP contribution < -0.4 is 4.90 Å². The molecule has 6 heteroatoms. The second-order valence-corrected chi connectivity index (χ2v) is 8.91. The van der Waals surface area contributed by atoms with Crippen LogP contribution in [0.15, 0.2) is 48.7 Å². The third-order valence-electron chi connectivity index (χ3n) is 6.68. The van der Waals surface area contributed by atoms with Crippen LogP contribution in [0.2, 0.25) is 0 Å². The highest BCUT2D eigenvalue weighted by atomic mass is 16.2. The van der Waals surface area contributed by atoms with Gasteiger partial charge in [-0.2, -0.15) is 0 Å². The summed E-state index contributed by atoms with van der Waals surface area (Å²) in [4.78, 5) is 30.6. The van der Waals surface area contributed by atoms with Crippen molar-refractivity contribution in [2.45, 2.75) is 45.1 Å². The average Bonchev–Trinajstić information content (AvgIpc) is 2.83. The van der Waals surface area contributed by atoms with E-state index in [1.54, 1.807) is 4.90 Å². The summed E-state index contributed by atoms with van der Waals surface area (Å²) in [5.74, 6) is 2.14. The Bertz CT molecular complexity index is 1110. The first-order valence-corrected chi connectivity index (χ1v) is 11.4. The molecule has 1 amide bonds. The summed E-state index contributed by atoms with van der Waals surface area (Å²) in [6.07, 6.45) is 5.34. The van der Waals surface area contributed by atoms with Crippen LogP contribution in [0.1, 0.15) is 47.8 Å². The maximum atomic E-state index is 12.2. The van der Waals surface area contributed by atoms with Gasteiger partial charge in [0.25, 0.3) is 0 Å². The molecule has 2 aromatic heterocycles. The fourth-order valence-corrected chi connectivity index (χ4v) is 4.86. The second kappa shape index (κ2) is 8.79. The highest BCUT2D eigenvalue weighted by Crippen LogP contribution is 2.31. The lowest BCUT2D eigenvalue weighted by Gasteiger charge is -2.33. The molecule has 0 saturated carbocycles. The van der Waals surface area contributed by atoms with Gasteiger partial charge >= 0.3 is 0 Å². The molecule has 1 aromatic carbocycles. The molecule has 0 spiro atoms. The number of carbonyl (C=O) groups is 1. The van der Waals surface area contributed by atoms with E-state index in [0.29, 0.717) is 12.3 Å². The maximum Gasteiger partial charge on any atom is 0.228 e. The van der Waals surface area contributed by atoms with Crippen molar-refractivity contribution in [3.8, 4) is 11.3 Å². The number of hydrogen-bond donors (Lipinski definition) is 0. The number of anilines is 1. The molecule has 1 atom stereocenters. The highest BCUT2D eigenvalue weighted by molar-refractivity contribution is 5.94. The standard InChI is InChI=1S/C26H29N5O/c1-18-22-12-13-24(32)30(2)26(22)29-25(28-18)21-6-5-15-31(17-21)16-19-8-10-20(11-9-19)23-7-3-4-14-27-23/h3-4,7-11,14,21H,5-6,12-13,15-17H2,1-2H3/t21-/m1/s1. The first kappa shape index (κ1) is 20.8. The van der Waals surface area contributed by atoms with E-state index in [4.69, 9.17) is 9.97 Å². The summed E-state index contributed by atoms with van der Waals surface area (Å²) in [5, 5.41) is 0. The summed E-state index contributed by atoms with van der Waals surface area (Å²) in [7, 11) is 1.83. The molecule has 2 aliphatic rings. The molecule has 6 nitrogen and oxygen atoms in total. The quantitative estimate of drug-likeness (QED) is 0.626. The molecule has 164 valence electrons. The Kier molecular flexibility index (Phi) is 5.70. The van der Waals surface area contributed by atoms with Crippen molar-refractivity contribution in [3.05, 3.63) is 71.3 Å². The third-order valence-corrected chi connectivity index (χ3v) is 6.68. The van der Waals surface area contributed by atoms with Crippen molar-refractivity contribution in [1.29, 1.82) is 0 Å². The highest BCUT2D eigenvalue weighted by Gasteiger charge is 2.29. The van der Waals surface area contributed by atoms with Gasteiger partial charge in [-0.25, -0.2) is 9.97 Å². The molecule has 2 aliphatic heterocycles. The fourth-order valence-electron chi connectivity index (χ4n) is 4.86. The minimum atomic E-state index is 0.140. The van der Waals surface area contributed by atoms with Gasteiger partial charge in [0, 0.05) is 55.5 Å². The number of aromatic nitrogens is 3. The molecule has 4 heterocycles. The Morgan fingerprint density at radius 1 is 1.06 bits per heavy atom. The van der Waals surface area contributed by atoms with Crippen molar-refractivity contribution < 1.29 is 4.79 Å². The number of pyridine rings is 1. The summed E-state index contributed by atoms with van der Waals surface area (Å²) in [6, 6.07) is 14.7. The maximum absolute atomic E-state index is 12.2. The first-order chi connectivity index (χ1) is 15.6. The Labute approximate surface area is 189 Å². The van der Waals surface area contributed by atoms with Crippen molar-refractivity contribution in [3.63, 3.8) is 0 Å². The smallest absolute Gasteiger partial charge is 0.228 e. The molecule has 1 fully saturated rings. The Hall–Kier alpha value is -3.12. The van der Waals surface area contributed by atoms with Gasteiger partial charge in [-0.05, 0) is 50.4 Å². The largest absolute Gasteiger partial charge is 0.300 e. The van der Waals surface area contributed by atoms with Crippen LogP contribution in [0.5, 0.6) is 0 Å². The van der Waals surface area contributed by atoms with Crippen LogP contribution in [0, 0.1) is 6.92 Å². The van der Waals surface area contributed by atoms with E-state index in [-0.39, 0.29) is 5.91 Å². The lowest BCUT2D eigenvalue weighted by atomic mass is 9.95. The molecule has 0 aliphatic carbocycles. The van der Waals surface area contributed by atoms with E-state index < -0.39 is 0 Å². The van der Waals surface area contributed by atoms with Crippen LogP contribution in [0.25, 0.3) is 11.3 Å². The topological polar surface area (TPSA) is 62.2 Å². The van der Waals surface area contributed by atoms with Gasteiger partial charge in [0.15, 0.2) is 0 Å². The number of benzene rings is 1. The van der Waals surface area contributed by atoms with E-state index in [2.05, 4.69) is 41.1 Å². The van der Waals surface area contributed by atoms with Gasteiger partial charge in [-0.1, -0.05) is 30.3 Å². The van der Waals surface area contributed by atoms with Crippen LogP contribution in [0.4, 0.5) is 5.82 Å². The van der Waals surface area contributed by atoms with E-state index in [1.165, 1.54) is 5.56 Å². The van der Waals surface area contributed by atoms with Gasteiger partial charge in [0.2, 0.25) is 5.91 Å². The molecule has 0 unspecified atom stereocenters. The molecule has 5 rings (SSSR count). The van der Waals surface area contributed by atoms with E-state index in [1.807, 2.05) is 31.4 Å². The van der Waals surface area contributed by atoms with Gasteiger partial charge in [0.1, 0.15) is 11.6 Å². The van der Waals surface area contributed by atoms with E-state index in [0.717, 1.165) is 73.1 Å². The molecular formula is C26H29N5O. The van der Waals surface area contributed by atoms with Crippen molar-refractivity contribution in [2.24, 2.45) is 0 Å². The number of piperidine rings is 1. The number of carbonyl (C=O) groups excluding carboxylic acids is 1. The molecule has 0 radical (unpaired) electrons. The minimum Gasteiger partial charge on any atom is -0.300 e. The van der Waals surface area contributed by atoms with Gasteiger partial charge in [0.05, 0.1) is 5.69 Å². The number of fused-ring (bicyclic) bond motifs is 1. The molecule has 0 bridgehead atoms. The van der Waals surface area contributed by atoms with Crippen molar-refractivity contribution in [1.82, 2.24) is 19.9 Å². The Balaban J connectivity index is 1.30. The normalized spacial score (nSPS) is 19.1. The van der Waals surface area contributed by atoms with E-state index in [9.17, 15) is 4.79 Å². The lowest BCUT2D eigenvalue weighted by Crippen LogP contribution is -2.36. The number of nitrogens with zero attached hydrogens (tertiary/aromatic N) is 5. The number of likely N-dealkylation sites (tertiary alicyclic amines) is 1. The molecular weight excluding hydrogens is 398 g/mol. The molecule has 0 N–H and O–H groups in total.